The van der Waals surface area contributed by atoms with E-state index in [9.17, 15) is 13.9 Å². The zero-order valence-electron chi connectivity index (χ0n) is 16.6. The number of hydrogen-bond donors (Lipinski definition) is 1. The Kier molecular flexibility index (Phi) is 8.17. The van der Waals surface area contributed by atoms with Crippen LogP contribution in [-0.4, -0.2) is 50.5 Å². The summed E-state index contributed by atoms with van der Waals surface area (Å²) in [6.45, 7) is 2.65. The Bertz CT molecular complexity index is 772. The molecule has 0 aliphatic heterocycles. The van der Waals surface area contributed by atoms with Crippen LogP contribution in [-0.2, 0) is 11.3 Å². The van der Waals surface area contributed by atoms with Crippen LogP contribution in [0.25, 0.3) is 0 Å². The maximum absolute atomic E-state index is 13.4. The first-order chi connectivity index (χ1) is 13.3. The lowest BCUT2D eigenvalue weighted by molar-refractivity contribution is 0.00847. The van der Waals surface area contributed by atoms with Crippen molar-refractivity contribution in [3.8, 4) is 11.5 Å². The van der Waals surface area contributed by atoms with E-state index >= 15 is 0 Å². The second kappa shape index (κ2) is 10.4. The average Bonchev–Trinajstić information content (AvgIpc) is 2.69. The van der Waals surface area contributed by atoms with E-state index in [0.717, 1.165) is 11.6 Å². The Morgan fingerprint density at radius 2 is 1.71 bits per heavy atom. The summed E-state index contributed by atoms with van der Waals surface area (Å²) in [5.41, 5.74) is 1.54. The van der Waals surface area contributed by atoms with Gasteiger partial charge >= 0.3 is 0 Å². The molecule has 0 spiro atoms. The molecule has 0 aliphatic rings. The molecule has 0 aliphatic carbocycles. The lowest BCUT2D eigenvalue weighted by Crippen LogP contribution is -2.34. The van der Waals surface area contributed by atoms with E-state index in [0.29, 0.717) is 30.2 Å². The molecule has 2 aromatic rings. The van der Waals surface area contributed by atoms with Gasteiger partial charge in [-0.3, -0.25) is 4.90 Å². The van der Waals surface area contributed by atoms with Crippen molar-refractivity contribution < 1.29 is 28.1 Å². The molecule has 0 amide bonds. The van der Waals surface area contributed by atoms with Crippen LogP contribution in [0.5, 0.6) is 11.5 Å². The smallest absolute Gasteiger partial charge is 0.161 e. The largest absolute Gasteiger partial charge is 0.493 e. The van der Waals surface area contributed by atoms with E-state index in [-0.39, 0.29) is 12.6 Å². The van der Waals surface area contributed by atoms with Crippen molar-refractivity contribution in [1.29, 1.82) is 0 Å². The molecular weight excluding hydrogens is 368 g/mol. The number of aliphatic hydroxyl groups excluding tert-OH is 1. The summed E-state index contributed by atoms with van der Waals surface area (Å²) >= 11 is 0. The van der Waals surface area contributed by atoms with Gasteiger partial charge in [-0.25, -0.2) is 8.78 Å². The van der Waals surface area contributed by atoms with Crippen molar-refractivity contribution in [3.63, 3.8) is 0 Å². The van der Waals surface area contributed by atoms with Crippen LogP contribution in [0.3, 0.4) is 0 Å². The predicted molar refractivity (Wildman–Crippen MR) is 103 cm³/mol. The molecule has 0 aromatic heterocycles. The third kappa shape index (κ3) is 5.89. The van der Waals surface area contributed by atoms with Crippen LogP contribution >= 0.6 is 0 Å². The van der Waals surface area contributed by atoms with Gasteiger partial charge in [0, 0.05) is 12.6 Å². The number of hydrogen-bond acceptors (Lipinski definition) is 5. The van der Waals surface area contributed by atoms with E-state index in [2.05, 4.69) is 0 Å². The molecule has 1 N–H and O–H groups in total. The summed E-state index contributed by atoms with van der Waals surface area (Å²) in [6, 6.07) is 9.13. The highest BCUT2D eigenvalue weighted by Gasteiger charge is 2.17. The van der Waals surface area contributed by atoms with Crippen molar-refractivity contribution >= 4 is 0 Å². The molecule has 2 aromatic carbocycles. The average molecular weight is 395 g/mol. The van der Waals surface area contributed by atoms with E-state index in [1.165, 1.54) is 6.07 Å². The second-order valence-electron chi connectivity index (χ2n) is 6.65. The van der Waals surface area contributed by atoms with Crippen molar-refractivity contribution in [2.75, 3.05) is 34.4 Å². The van der Waals surface area contributed by atoms with Crippen LogP contribution in [0.1, 0.15) is 24.1 Å². The Morgan fingerprint density at radius 1 is 1.00 bits per heavy atom. The van der Waals surface area contributed by atoms with E-state index in [4.69, 9.17) is 14.2 Å². The highest BCUT2D eigenvalue weighted by molar-refractivity contribution is 5.42. The number of ether oxygens (including phenoxy) is 3. The standard InChI is InChI=1S/C21H27F2NO4/c1-14(16-6-7-18(22)19(23)10-16)24(2)11-17(25)13-28-12-15-5-8-20(26-3)21(9-15)27-4/h5-10,14,17,25H,11-13H2,1-4H3/t14-,17+/m0/s1. The molecule has 154 valence electrons. The Balaban J connectivity index is 1.83. The second-order valence-corrected chi connectivity index (χ2v) is 6.65. The van der Waals surface area contributed by atoms with Crippen molar-refractivity contribution in [3.05, 3.63) is 59.2 Å². The number of halogens is 2. The van der Waals surface area contributed by atoms with Gasteiger partial charge in [0.2, 0.25) is 0 Å². The van der Waals surface area contributed by atoms with Crippen molar-refractivity contribution in [2.24, 2.45) is 0 Å². The number of benzene rings is 2. The Hall–Kier alpha value is -2.22. The normalized spacial score (nSPS) is 13.4. The summed E-state index contributed by atoms with van der Waals surface area (Å²) < 4.78 is 42.5. The molecule has 0 saturated carbocycles. The minimum Gasteiger partial charge on any atom is -0.493 e. The third-order valence-electron chi connectivity index (χ3n) is 4.61. The lowest BCUT2D eigenvalue weighted by Gasteiger charge is -2.27. The van der Waals surface area contributed by atoms with Crippen molar-refractivity contribution in [1.82, 2.24) is 4.90 Å². The zero-order valence-corrected chi connectivity index (χ0v) is 16.6. The third-order valence-corrected chi connectivity index (χ3v) is 4.61. The summed E-state index contributed by atoms with van der Waals surface area (Å²) in [6.07, 6.45) is -0.724. The molecule has 2 atom stereocenters. The van der Waals surface area contributed by atoms with Gasteiger partial charge in [0.1, 0.15) is 0 Å². The molecular formula is C21H27F2NO4. The number of nitrogens with zero attached hydrogens (tertiary/aromatic N) is 1. The molecule has 0 bridgehead atoms. The van der Waals surface area contributed by atoms with E-state index in [1.54, 1.807) is 26.4 Å². The summed E-state index contributed by atoms with van der Waals surface area (Å²) in [5, 5.41) is 10.2. The fraction of sp³-hybridized carbons (Fsp3) is 0.429. The molecule has 0 fully saturated rings. The zero-order chi connectivity index (χ0) is 20.7. The fourth-order valence-corrected chi connectivity index (χ4v) is 2.85. The molecule has 0 radical (unpaired) electrons. The van der Waals surface area contributed by atoms with Gasteiger partial charge in [0.15, 0.2) is 23.1 Å². The topological polar surface area (TPSA) is 51.2 Å². The highest BCUT2D eigenvalue weighted by atomic mass is 19.2. The van der Waals surface area contributed by atoms with Crippen molar-refractivity contribution in [2.45, 2.75) is 25.7 Å². The monoisotopic (exact) mass is 395 g/mol. The molecule has 7 heteroatoms. The van der Waals surface area contributed by atoms with Gasteiger partial charge < -0.3 is 19.3 Å². The Labute approximate surface area is 164 Å². The van der Waals surface area contributed by atoms with Gasteiger partial charge in [0.25, 0.3) is 0 Å². The Morgan fingerprint density at radius 3 is 2.36 bits per heavy atom. The minimum absolute atomic E-state index is 0.142. The van der Waals surface area contributed by atoms with Crippen LogP contribution in [0.2, 0.25) is 0 Å². The SMILES string of the molecule is COc1ccc(COC[C@H](O)CN(C)[C@@H](C)c2ccc(F)c(F)c2)cc1OC. The van der Waals surface area contributed by atoms with E-state index < -0.39 is 17.7 Å². The van der Waals surface area contributed by atoms with Crippen LogP contribution in [0.4, 0.5) is 8.78 Å². The minimum atomic E-state index is -0.878. The summed E-state index contributed by atoms with van der Waals surface area (Å²) in [4.78, 5) is 1.86. The first-order valence-corrected chi connectivity index (χ1v) is 8.97. The van der Waals surface area contributed by atoms with Crippen LogP contribution in [0.15, 0.2) is 36.4 Å². The van der Waals surface area contributed by atoms with Gasteiger partial charge in [-0.05, 0) is 49.4 Å². The number of aliphatic hydroxyl groups is 1. The summed E-state index contributed by atoms with van der Waals surface area (Å²) in [7, 11) is 4.95. The molecule has 0 unspecified atom stereocenters. The van der Waals surface area contributed by atoms with E-state index in [1.807, 2.05) is 31.0 Å². The molecule has 28 heavy (non-hydrogen) atoms. The molecule has 0 heterocycles. The first kappa shape index (κ1) is 22.1. The summed E-state index contributed by atoms with van der Waals surface area (Å²) in [5.74, 6) is -0.498. The maximum Gasteiger partial charge on any atom is 0.161 e. The van der Waals surface area contributed by atoms with Gasteiger partial charge in [-0.2, -0.15) is 0 Å². The highest BCUT2D eigenvalue weighted by Crippen LogP contribution is 2.27. The number of likely N-dealkylation sites (N-methyl/N-ethyl adjacent to an activating group) is 1. The van der Waals surface area contributed by atoms with Crippen LogP contribution in [0, 0.1) is 11.6 Å². The van der Waals surface area contributed by atoms with Crippen LogP contribution < -0.4 is 9.47 Å². The van der Waals surface area contributed by atoms with Gasteiger partial charge in [-0.15, -0.1) is 0 Å². The molecule has 5 nitrogen and oxygen atoms in total. The number of methoxy groups -OCH3 is 2. The maximum atomic E-state index is 13.4. The number of rotatable bonds is 10. The molecule has 2 rings (SSSR count). The van der Waals surface area contributed by atoms with Gasteiger partial charge in [-0.1, -0.05) is 12.1 Å². The quantitative estimate of drug-likeness (QED) is 0.667. The molecule has 0 saturated heterocycles. The predicted octanol–water partition coefficient (Wildman–Crippen LogP) is 3.55. The van der Waals surface area contributed by atoms with Gasteiger partial charge in [0.05, 0.1) is 33.5 Å². The first-order valence-electron chi connectivity index (χ1n) is 8.97. The fourth-order valence-electron chi connectivity index (χ4n) is 2.85. The lowest BCUT2D eigenvalue weighted by atomic mass is 10.1.